The molecule has 1 aromatic heterocycles. The monoisotopic (exact) mass is 143 g/mol. The van der Waals surface area contributed by atoms with Crippen molar-refractivity contribution in [3.05, 3.63) is 10.9 Å². The standard InChI is InChI=1S/C4H5N3OS/c8-2-6-7-4-1-9-3-5-4/h1-3,7H,(H,6,8). The van der Waals surface area contributed by atoms with Crippen molar-refractivity contribution in [2.24, 2.45) is 0 Å². The first-order valence-corrected chi connectivity index (χ1v) is 3.21. The molecule has 0 radical (unpaired) electrons. The van der Waals surface area contributed by atoms with E-state index in [1.807, 2.05) is 0 Å². The van der Waals surface area contributed by atoms with Crippen LogP contribution in [0.3, 0.4) is 0 Å². The molecule has 0 fully saturated rings. The molecule has 0 aliphatic carbocycles. The molecular formula is C4H5N3OS. The van der Waals surface area contributed by atoms with E-state index in [0.29, 0.717) is 12.2 Å². The van der Waals surface area contributed by atoms with E-state index < -0.39 is 0 Å². The number of thiazole rings is 1. The van der Waals surface area contributed by atoms with E-state index in [0.717, 1.165) is 0 Å². The van der Waals surface area contributed by atoms with Crippen molar-refractivity contribution < 1.29 is 4.79 Å². The lowest BCUT2D eigenvalue weighted by Gasteiger charge is -1.95. The van der Waals surface area contributed by atoms with Crippen molar-refractivity contribution in [3.63, 3.8) is 0 Å². The summed E-state index contributed by atoms with van der Waals surface area (Å²) in [5.74, 6) is 0.659. The minimum atomic E-state index is 0.555. The van der Waals surface area contributed by atoms with Crippen LogP contribution in [0.5, 0.6) is 0 Å². The fourth-order valence-electron chi connectivity index (χ4n) is 0.378. The Morgan fingerprint density at radius 1 is 1.78 bits per heavy atom. The van der Waals surface area contributed by atoms with Crippen LogP contribution in [0.15, 0.2) is 10.9 Å². The average Bonchev–Trinajstić information content (AvgIpc) is 2.34. The van der Waals surface area contributed by atoms with Gasteiger partial charge in [0.15, 0.2) is 5.82 Å². The molecule has 0 saturated carbocycles. The fraction of sp³-hybridized carbons (Fsp3) is 0. The summed E-state index contributed by atoms with van der Waals surface area (Å²) >= 11 is 1.46. The van der Waals surface area contributed by atoms with Gasteiger partial charge in [-0.1, -0.05) is 0 Å². The molecule has 0 aliphatic rings. The van der Waals surface area contributed by atoms with Crippen LogP contribution in [0.1, 0.15) is 0 Å². The fourth-order valence-corrected chi connectivity index (χ4v) is 0.862. The Morgan fingerprint density at radius 3 is 3.22 bits per heavy atom. The molecule has 1 aromatic rings. The van der Waals surface area contributed by atoms with Gasteiger partial charge >= 0.3 is 0 Å². The number of nitrogens with one attached hydrogen (secondary N) is 2. The van der Waals surface area contributed by atoms with Crippen LogP contribution in [-0.2, 0) is 4.79 Å². The number of carbonyl (C=O) groups excluding carboxylic acids is 1. The van der Waals surface area contributed by atoms with Crippen molar-refractivity contribution >= 4 is 23.6 Å². The van der Waals surface area contributed by atoms with Crippen molar-refractivity contribution in [1.82, 2.24) is 10.4 Å². The second-order valence-electron chi connectivity index (χ2n) is 1.26. The maximum atomic E-state index is 9.70. The summed E-state index contributed by atoms with van der Waals surface area (Å²) < 4.78 is 0. The summed E-state index contributed by atoms with van der Waals surface area (Å²) in [6.45, 7) is 0. The first-order chi connectivity index (χ1) is 4.43. The van der Waals surface area contributed by atoms with Crippen molar-refractivity contribution in [3.8, 4) is 0 Å². The van der Waals surface area contributed by atoms with Crippen LogP contribution < -0.4 is 10.9 Å². The van der Waals surface area contributed by atoms with E-state index in [1.165, 1.54) is 11.3 Å². The minimum Gasteiger partial charge on any atom is -0.281 e. The number of rotatable bonds is 3. The van der Waals surface area contributed by atoms with Crippen LogP contribution in [0, 0.1) is 0 Å². The highest BCUT2D eigenvalue weighted by Crippen LogP contribution is 2.03. The molecule has 1 amide bonds. The van der Waals surface area contributed by atoms with E-state index in [2.05, 4.69) is 15.8 Å². The molecule has 5 heteroatoms. The van der Waals surface area contributed by atoms with Gasteiger partial charge in [0.05, 0.1) is 5.51 Å². The molecule has 0 aliphatic heterocycles. The predicted molar refractivity (Wildman–Crippen MR) is 34.9 cm³/mol. The van der Waals surface area contributed by atoms with Crippen LogP contribution in [0.2, 0.25) is 0 Å². The molecule has 1 heterocycles. The van der Waals surface area contributed by atoms with E-state index in [4.69, 9.17) is 0 Å². The van der Waals surface area contributed by atoms with E-state index >= 15 is 0 Å². The molecule has 0 bridgehead atoms. The van der Waals surface area contributed by atoms with Gasteiger partial charge in [0.1, 0.15) is 0 Å². The summed E-state index contributed by atoms with van der Waals surface area (Å²) in [6.07, 6.45) is 0.555. The van der Waals surface area contributed by atoms with Gasteiger partial charge in [-0.3, -0.25) is 15.6 Å². The van der Waals surface area contributed by atoms with E-state index in [-0.39, 0.29) is 0 Å². The highest BCUT2D eigenvalue weighted by atomic mass is 32.1. The Labute approximate surface area is 55.9 Å². The molecule has 0 atom stereocenters. The van der Waals surface area contributed by atoms with Gasteiger partial charge in [0.25, 0.3) is 0 Å². The molecule has 9 heavy (non-hydrogen) atoms. The predicted octanol–water partition coefficient (Wildman–Crippen LogP) is 0.216. The molecular weight excluding hydrogens is 138 g/mol. The number of aromatic nitrogens is 1. The third-order valence-corrected chi connectivity index (χ3v) is 1.28. The Morgan fingerprint density at radius 2 is 2.67 bits per heavy atom. The largest absolute Gasteiger partial charge is 0.281 e. The van der Waals surface area contributed by atoms with E-state index in [1.54, 1.807) is 10.9 Å². The first kappa shape index (κ1) is 6.03. The second kappa shape index (κ2) is 3.03. The van der Waals surface area contributed by atoms with Crippen molar-refractivity contribution in [1.29, 1.82) is 0 Å². The Bertz CT molecular complexity index is 174. The number of carbonyl (C=O) groups is 1. The van der Waals surface area contributed by atoms with Gasteiger partial charge in [0, 0.05) is 5.38 Å². The normalized spacial score (nSPS) is 8.44. The average molecular weight is 143 g/mol. The molecule has 48 valence electrons. The number of amides is 1. The lowest BCUT2D eigenvalue weighted by atomic mass is 10.8. The zero-order valence-electron chi connectivity index (χ0n) is 4.50. The third-order valence-electron chi connectivity index (χ3n) is 0.691. The van der Waals surface area contributed by atoms with E-state index in [9.17, 15) is 4.79 Å². The summed E-state index contributed by atoms with van der Waals surface area (Å²) in [4.78, 5) is 13.5. The summed E-state index contributed by atoms with van der Waals surface area (Å²) in [5.41, 5.74) is 6.50. The molecule has 0 spiro atoms. The third kappa shape index (κ3) is 1.69. The highest BCUT2D eigenvalue weighted by molar-refractivity contribution is 7.07. The Kier molecular flexibility index (Phi) is 2.03. The summed E-state index contributed by atoms with van der Waals surface area (Å²) in [6, 6.07) is 0. The zero-order chi connectivity index (χ0) is 6.53. The minimum absolute atomic E-state index is 0.555. The van der Waals surface area contributed by atoms with Crippen LogP contribution in [0.25, 0.3) is 0 Å². The molecule has 0 aromatic carbocycles. The number of nitrogens with zero attached hydrogens (tertiary/aromatic N) is 1. The van der Waals surface area contributed by atoms with Crippen molar-refractivity contribution in [2.45, 2.75) is 0 Å². The topological polar surface area (TPSA) is 54.0 Å². The molecule has 2 N–H and O–H groups in total. The zero-order valence-corrected chi connectivity index (χ0v) is 5.31. The quantitative estimate of drug-likeness (QED) is 0.470. The van der Waals surface area contributed by atoms with Crippen LogP contribution in [-0.4, -0.2) is 11.4 Å². The SMILES string of the molecule is O=CNNc1cscn1. The van der Waals surface area contributed by atoms with Gasteiger partial charge in [-0.15, -0.1) is 11.3 Å². The lowest BCUT2D eigenvalue weighted by molar-refractivity contribution is -0.109. The maximum absolute atomic E-state index is 9.70. The molecule has 1 rings (SSSR count). The lowest BCUT2D eigenvalue weighted by Crippen LogP contribution is -2.18. The van der Waals surface area contributed by atoms with Gasteiger partial charge in [-0.25, -0.2) is 4.98 Å². The van der Waals surface area contributed by atoms with Crippen molar-refractivity contribution in [2.75, 3.05) is 5.43 Å². The van der Waals surface area contributed by atoms with Crippen LogP contribution >= 0.6 is 11.3 Å². The van der Waals surface area contributed by atoms with Gasteiger partial charge in [-0.05, 0) is 0 Å². The van der Waals surface area contributed by atoms with Crippen LogP contribution in [0.4, 0.5) is 5.82 Å². The second-order valence-corrected chi connectivity index (χ2v) is 1.98. The number of hydrogen-bond donors (Lipinski definition) is 2. The van der Waals surface area contributed by atoms with Gasteiger partial charge in [0.2, 0.25) is 6.41 Å². The molecule has 4 nitrogen and oxygen atoms in total. The number of anilines is 1. The highest BCUT2D eigenvalue weighted by Gasteiger charge is 1.86. The number of hydrazine groups is 1. The summed E-state index contributed by atoms with van der Waals surface area (Å²) in [7, 11) is 0. The maximum Gasteiger partial charge on any atom is 0.225 e. The van der Waals surface area contributed by atoms with Gasteiger partial charge < -0.3 is 0 Å². The summed E-state index contributed by atoms with van der Waals surface area (Å²) in [5, 5.41) is 1.79. The van der Waals surface area contributed by atoms with Gasteiger partial charge in [-0.2, -0.15) is 0 Å². The molecule has 0 unspecified atom stereocenters. The smallest absolute Gasteiger partial charge is 0.225 e. The Hall–Kier alpha value is -1.10. The number of hydrogen-bond acceptors (Lipinski definition) is 4. The first-order valence-electron chi connectivity index (χ1n) is 2.27. The Balaban J connectivity index is 2.38. The molecule has 0 saturated heterocycles.